The standard InChI is InChI=1S/C20H18/c1-15-13-14-19(16(15)2)20(17-9-5-3-6-10-17)18-11-7-4-8-12-18/h3-14H,1-2H3. The molecule has 3 rings (SSSR count). The Labute approximate surface area is 120 Å². The molecule has 0 saturated carbocycles. The van der Waals surface area contributed by atoms with Crippen LogP contribution in [0.2, 0.25) is 0 Å². The molecule has 0 aromatic heterocycles. The molecule has 2 aromatic carbocycles. The molecule has 0 unspecified atom stereocenters. The van der Waals surface area contributed by atoms with Crippen LogP contribution in [0.3, 0.4) is 0 Å². The Morgan fingerprint density at radius 3 is 1.55 bits per heavy atom. The number of benzene rings is 2. The largest absolute Gasteiger partial charge is 0.0622 e. The lowest BCUT2D eigenvalue weighted by Gasteiger charge is -2.13. The van der Waals surface area contributed by atoms with Crippen LogP contribution in [0.1, 0.15) is 25.0 Å². The molecule has 0 saturated heterocycles. The molecule has 2 aromatic rings. The molecule has 0 fully saturated rings. The maximum Gasteiger partial charge on any atom is -0.00361 e. The van der Waals surface area contributed by atoms with Crippen LogP contribution < -0.4 is 0 Å². The van der Waals surface area contributed by atoms with Gasteiger partial charge in [-0.1, -0.05) is 72.8 Å². The minimum atomic E-state index is 1.27. The topological polar surface area (TPSA) is 0 Å². The summed E-state index contributed by atoms with van der Waals surface area (Å²) < 4.78 is 0. The minimum absolute atomic E-state index is 1.27. The van der Waals surface area contributed by atoms with Gasteiger partial charge in [-0.2, -0.15) is 0 Å². The summed E-state index contributed by atoms with van der Waals surface area (Å²) in [7, 11) is 0. The lowest BCUT2D eigenvalue weighted by molar-refractivity contribution is 1.37. The zero-order valence-electron chi connectivity index (χ0n) is 11.9. The number of hydrogen-bond acceptors (Lipinski definition) is 0. The first kappa shape index (κ1) is 12.7. The van der Waals surface area contributed by atoms with Crippen LogP contribution in [0, 0.1) is 0 Å². The lowest BCUT2D eigenvalue weighted by Crippen LogP contribution is -1.93. The fourth-order valence-corrected chi connectivity index (χ4v) is 2.63. The second-order valence-corrected chi connectivity index (χ2v) is 5.16. The Kier molecular flexibility index (Phi) is 3.39. The van der Waals surface area contributed by atoms with E-state index in [0.717, 1.165) is 0 Å². The van der Waals surface area contributed by atoms with Gasteiger partial charge in [0.2, 0.25) is 0 Å². The van der Waals surface area contributed by atoms with Gasteiger partial charge in [0.1, 0.15) is 0 Å². The van der Waals surface area contributed by atoms with Crippen molar-refractivity contribution in [1.82, 2.24) is 0 Å². The van der Waals surface area contributed by atoms with Gasteiger partial charge < -0.3 is 0 Å². The van der Waals surface area contributed by atoms with Crippen LogP contribution >= 0.6 is 0 Å². The maximum atomic E-state index is 2.24. The summed E-state index contributed by atoms with van der Waals surface area (Å²) in [6.45, 7) is 4.38. The Bertz CT molecular complexity index is 657. The van der Waals surface area contributed by atoms with Gasteiger partial charge in [-0.05, 0) is 47.3 Å². The number of allylic oxidation sites excluding steroid dienone is 5. The average molecular weight is 258 g/mol. The first-order valence-electron chi connectivity index (χ1n) is 6.98. The van der Waals surface area contributed by atoms with Gasteiger partial charge in [0.25, 0.3) is 0 Å². The molecular weight excluding hydrogens is 240 g/mol. The van der Waals surface area contributed by atoms with E-state index >= 15 is 0 Å². The van der Waals surface area contributed by atoms with Crippen molar-refractivity contribution in [2.45, 2.75) is 13.8 Å². The highest BCUT2D eigenvalue weighted by Crippen LogP contribution is 2.35. The maximum absolute atomic E-state index is 2.24. The van der Waals surface area contributed by atoms with Crippen LogP contribution in [0.25, 0.3) is 5.57 Å². The highest BCUT2D eigenvalue weighted by molar-refractivity contribution is 5.87. The Morgan fingerprint density at radius 1 is 0.650 bits per heavy atom. The molecule has 0 amide bonds. The summed E-state index contributed by atoms with van der Waals surface area (Å²) >= 11 is 0. The van der Waals surface area contributed by atoms with E-state index in [1.807, 2.05) is 0 Å². The van der Waals surface area contributed by atoms with Crippen LogP contribution in [-0.2, 0) is 0 Å². The van der Waals surface area contributed by atoms with E-state index in [1.54, 1.807) is 0 Å². The van der Waals surface area contributed by atoms with Gasteiger partial charge in [-0.3, -0.25) is 0 Å². The normalized spacial score (nSPS) is 14.0. The van der Waals surface area contributed by atoms with E-state index < -0.39 is 0 Å². The highest BCUT2D eigenvalue weighted by atomic mass is 14.2. The summed E-state index contributed by atoms with van der Waals surface area (Å²) in [5, 5.41) is 0. The molecule has 0 atom stereocenters. The molecule has 0 N–H and O–H groups in total. The zero-order valence-corrected chi connectivity index (χ0v) is 11.9. The molecule has 0 heterocycles. The predicted octanol–water partition coefficient (Wildman–Crippen LogP) is 5.39. The summed E-state index contributed by atoms with van der Waals surface area (Å²) in [5.41, 5.74) is 7.91. The molecule has 0 spiro atoms. The fourth-order valence-electron chi connectivity index (χ4n) is 2.63. The van der Waals surface area contributed by atoms with Gasteiger partial charge in [0, 0.05) is 0 Å². The first-order chi connectivity index (χ1) is 9.77. The van der Waals surface area contributed by atoms with E-state index in [-0.39, 0.29) is 0 Å². The van der Waals surface area contributed by atoms with Crippen molar-refractivity contribution in [2.24, 2.45) is 0 Å². The molecule has 0 radical (unpaired) electrons. The summed E-state index contributed by atoms with van der Waals surface area (Å²) in [4.78, 5) is 0. The van der Waals surface area contributed by atoms with E-state index in [9.17, 15) is 0 Å². The van der Waals surface area contributed by atoms with Gasteiger partial charge >= 0.3 is 0 Å². The molecule has 0 heteroatoms. The van der Waals surface area contributed by atoms with Gasteiger partial charge in [0.05, 0.1) is 0 Å². The van der Waals surface area contributed by atoms with Crippen LogP contribution in [0.5, 0.6) is 0 Å². The second kappa shape index (κ2) is 5.34. The molecular formula is C20H18. The number of rotatable bonds is 2. The molecule has 0 bridgehead atoms. The molecule has 0 aliphatic heterocycles. The van der Waals surface area contributed by atoms with Crippen molar-refractivity contribution in [3.8, 4) is 0 Å². The van der Waals surface area contributed by atoms with E-state index in [4.69, 9.17) is 0 Å². The van der Waals surface area contributed by atoms with Gasteiger partial charge in [-0.25, -0.2) is 0 Å². The monoisotopic (exact) mass is 258 g/mol. The van der Waals surface area contributed by atoms with Gasteiger partial charge in [-0.15, -0.1) is 0 Å². The zero-order chi connectivity index (χ0) is 13.9. The molecule has 1 aliphatic carbocycles. The van der Waals surface area contributed by atoms with Crippen molar-refractivity contribution < 1.29 is 0 Å². The van der Waals surface area contributed by atoms with Crippen molar-refractivity contribution in [3.05, 3.63) is 101 Å². The summed E-state index contributed by atoms with van der Waals surface area (Å²) in [6, 6.07) is 21.3. The van der Waals surface area contributed by atoms with Crippen molar-refractivity contribution >= 4 is 5.57 Å². The SMILES string of the molecule is CC1=C(C)C(=C(c2ccccc2)c2ccccc2)C=C1. The average Bonchev–Trinajstić information content (AvgIpc) is 2.82. The Morgan fingerprint density at radius 2 is 1.15 bits per heavy atom. The van der Waals surface area contributed by atoms with Gasteiger partial charge in [0.15, 0.2) is 0 Å². The first-order valence-corrected chi connectivity index (χ1v) is 6.98. The molecule has 1 aliphatic rings. The Hall–Kier alpha value is -2.34. The quantitative estimate of drug-likeness (QED) is 0.677. The lowest BCUT2D eigenvalue weighted by atomic mass is 9.91. The summed E-state index contributed by atoms with van der Waals surface area (Å²) in [5.74, 6) is 0. The molecule has 98 valence electrons. The predicted molar refractivity (Wildman–Crippen MR) is 86.4 cm³/mol. The molecule has 20 heavy (non-hydrogen) atoms. The smallest absolute Gasteiger partial charge is 0.00361 e. The van der Waals surface area contributed by atoms with Crippen molar-refractivity contribution in [2.75, 3.05) is 0 Å². The molecule has 0 nitrogen and oxygen atoms in total. The fraction of sp³-hybridized carbons (Fsp3) is 0.100. The van der Waals surface area contributed by atoms with E-state index in [0.29, 0.717) is 0 Å². The second-order valence-electron chi connectivity index (χ2n) is 5.16. The van der Waals surface area contributed by atoms with Crippen LogP contribution in [-0.4, -0.2) is 0 Å². The van der Waals surface area contributed by atoms with Crippen molar-refractivity contribution in [1.29, 1.82) is 0 Å². The van der Waals surface area contributed by atoms with Crippen LogP contribution in [0.4, 0.5) is 0 Å². The third-order valence-electron chi connectivity index (χ3n) is 3.89. The summed E-state index contributed by atoms with van der Waals surface area (Å²) in [6.07, 6.45) is 4.44. The van der Waals surface area contributed by atoms with Crippen LogP contribution in [0.15, 0.2) is 89.5 Å². The highest BCUT2D eigenvalue weighted by Gasteiger charge is 2.15. The van der Waals surface area contributed by atoms with E-state index in [2.05, 4.69) is 86.7 Å². The number of hydrogen-bond donors (Lipinski definition) is 0. The third kappa shape index (κ3) is 2.25. The Balaban J connectivity index is 2.27. The third-order valence-corrected chi connectivity index (χ3v) is 3.89. The minimum Gasteiger partial charge on any atom is -0.0622 e. The van der Waals surface area contributed by atoms with Crippen molar-refractivity contribution in [3.63, 3.8) is 0 Å². The van der Waals surface area contributed by atoms with E-state index in [1.165, 1.54) is 33.4 Å².